The molecule has 4 heteroatoms. The van der Waals surface area contributed by atoms with Gasteiger partial charge < -0.3 is 5.32 Å². The molecule has 0 aliphatic carbocycles. The first-order valence-electron chi connectivity index (χ1n) is 5.63. The molecule has 1 amide bonds. The summed E-state index contributed by atoms with van der Waals surface area (Å²) in [4.78, 5) is 15.2. The van der Waals surface area contributed by atoms with E-state index in [1.54, 1.807) is 11.8 Å². The zero-order valence-electron chi connectivity index (χ0n) is 10.6. The van der Waals surface area contributed by atoms with Gasteiger partial charge >= 0.3 is 0 Å². The third-order valence-electron chi connectivity index (χ3n) is 2.74. The Morgan fingerprint density at radius 1 is 1.28 bits per heavy atom. The minimum atomic E-state index is -0.0299. The van der Waals surface area contributed by atoms with E-state index >= 15 is 0 Å². The van der Waals surface area contributed by atoms with Crippen molar-refractivity contribution in [2.45, 2.75) is 18.7 Å². The van der Waals surface area contributed by atoms with Crippen molar-refractivity contribution in [1.29, 1.82) is 0 Å². The SMILES string of the molecule is CSc1ccccc1NC(=O)c1cc(C)c(C)s1. The highest BCUT2D eigenvalue weighted by Gasteiger charge is 2.12. The number of thiophene rings is 1. The molecular formula is C14H15NOS2. The van der Waals surface area contributed by atoms with Crippen molar-refractivity contribution in [1.82, 2.24) is 0 Å². The third kappa shape index (κ3) is 2.76. The van der Waals surface area contributed by atoms with E-state index in [2.05, 4.69) is 5.32 Å². The molecule has 1 heterocycles. The number of para-hydroxylation sites is 1. The van der Waals surface area contributed by atoms with Gasteiger partial charge in [0.25, 0.3) is 5.91 Å². The highest BCUT2D eigenvalue weighted by Crippen LogP contribution is 2.26. The predicted octanol–water partition coefficient (Wildman–Crippen LogP) is 4.34. The molecule has 2 rings (SSSR count). The average molecular weight is 277 g/mol. The van der Waals surface area contributed by atoms with Gasteiger partial charge in [-0.2, -0.15) is 0 Å². The number of benzene rings is 1. The zero-order valence-corrected chi connectivity index (χ0v) is 12.2. The lowest BCUT2D eigenvalue weighted by atomic mass is 10.2. The summed E-state index contributed by atoms with van der Waals surface area (Å²) in [7, 11) is 0. The molecule has 2 nitrogen and oxygen atoms in total. The molecule has 18 heavy (non-hydrogen) atoms. The Morgan fingerprint density at radius 2 is 2.00 bits per heavy atom. The van der Waals surface area contributed by atoms with Crippen LogP contribution in [0.4, 0.5) is 5.69 Å². The molecule has 1 N–H and O–H groups in total. The van der Waals surface area contributed by atoms with E-state index in [0.717, 1.165) is 15.5 Å². The second kappa shape index (κ2) is 5.59. The van der Waals surface area contributed by atoms with Crippen LogP contribution in [-0.2, 0) is 0 Å². The summed E-state index contributed by atoms with van der Waals surface area (Å²) in [6, 6.07) is 9.78. The first-order valence-corrected chi connectivity index (χ1v) is 7.67. The molecule has 0 radical (unpaired) electrons. The lowest BCUT2D eigenvalue weighted by Crippen LogP contribution is -2.10. The van der Waals surface area contributed by atoms with Crippen LogP contribution in [-0.4, -0.2) is 12.2 Å². The Kier molecular flexibility index (Phi) is 4.09. The normalized spacial score (nSPS) is 10.4. The largest absolute Gasteiger partial charge is 0.320 e. The summed E-state index contributed by atoms with van der Waals surface area (Å²) in [5.41, 5.74) is 2.04. The van der Waals surface area contributed by atoms with Crippen molar-refractivity contribution in [3.8, 4) is 0 Å². The number of carbonyl (C=O) groups excluding carboxylic acids is 1. The summed E-state index contributed by atoms with van der Waals surface area (Å²) >= 11 is 3.17. The topological polar surface area (TPSA) is 29.1 Å². The molecule has 0 fully saturated rings. The van der Waals surface area contributed by atoms with E-state index in [4.69, 9.17) is 0 Å². The fourth-order valence-electron chi connectivity index (χ4n) is 1.62. The Balaban J connectivity index is 2.21. The summed E-state index contributed by atoms with van der Waals surface area (Å²) in [6.07, 6.45) is 2.00. The quantitative estimate of drug-likeness (QED) is 0.846. The van der Waals surface area contributed by atoms with Crippen LogP contribution in [0.25, 0.3) is 0 Å². The van der Waals surface area contributed by atoms with Crippen LogP contribution in [0.1, 0.15) is 20.1 Å². The average Bonchev–Trinajstić information content (AvgIpc) is 2.70. The fraction of sp³-hybridized carbons (Fsp3) is 0.214. The summed E-state index contributed by atoms with van der Waals surface area (Å²) in [5.74, 6) is -0.0299. The fourth-order valence-corrected chi connectivity index (χ4v) is 3.10. The number of hydrogen-bond donors (Lipinski definition) is 1. The van der Waals surface area contributed by atoms with E-state index in [-0.39, 0.29) is 5.91 Å². The van der Waals surface area contributed by atoms with Gasteiger partial charge in [0.1, 0.15) is 0 Å². The van der Waals surface area contributed by atoms with Gasteiger partial charge in [0, 0.05) is 9.77 Å². The number of amides is 1. The van der Waals surface area contributed by atoms with Crippen molar-refractivity contribution >= 4 is 34.7 Å². The molecule has 2 aromatic rings. The van der Waals surface area contributed by atoms with Crippen LogP contribution in [0.3, 0.4) is 0 Å². The molecule has 0 saturated carbocycles. The number of aryl methyl sites for hydroxylation is 2. The lowest BCUT2D eigenvalue weighted by Gasteiger charge is -2.07. The maximum Gasteiger partial charge on any atom is 0.265 e. The first kappa shape index (κ1) is 13.2. The monoisotopic (exact) mass is 277 g/mol. The van der Waals surface area contributed by atoms with Crippen LogP contribution >= 0.6 is 23.1 Å². The lowest BCUT2D eigenvalue weighted by molar-refractivity contribution is 0.103. The van der Waals surface area contributed by atoms with Gasteiger partial charge in [-0.05, 0) is 43.9 Å². The first-order chi connectivity index (χ1) is 8.61. The molecule has 94 valence electrons. The molecule has 1 aromatic carbocycles. The number of rotatable bonds is 3. The van der Waals surface area contributed by atoms with E-state index in [1.807, 2.05) is 50.4 Å². The van der Waals surface area contributed by atoms with Crippen molar-refractivity contribution < 1.29 is 4.79 Å². The van der Waals surface area contributed by atoms with Gasteiger partial charge in [0.05, 0.1) is 10.6 Å². The van der Waals surface area contributed by atoms with Gasteiger partial charge in [-0.3, -0.25) is 4.79 Å². The molecule has 0 bridgehead atoms. The Hall–Kier alpha value is -1.26. The minimum absolute atomic E-state index is 0.0299. The summed E-state index contributed by atoms with van der Waals surface area (Å²) in [5, 5.41) is 2.97. The van der Waals surface area contributed by atoms with Crippen LogP contribution in [0.5, 0.6) is 0 Å². The van der Waals surface area contributed by atoms with Crippen molar-refractivity contribution in [3.63, 3.8) is 0 Å². The molecule has 0 unspecified atom stereocenters. The van der Waals surface area contributed by atoms with Crippen LogP contribution in [0, 0.1) is 13.8 Å². The number of carbonyl (C=O) groups is 1. The predicted molar refractivity (Wildman–Crippen MR) is 80.0 cm³/mol. The highest BCUT2D eigenvalue weighted by molar-refractivity contribution is 7.98. The molecule has 0 saturated heterocycles. The molecule has 1 aromatic heterocycles. The van der Waals surface area contributed by atoms with Crippen LogP contribution < -0.4 is 5.32 Å². The number of thioether (sulfide) groups is 1. The van der Waals surface area contributed by atoms with Crippen molar-refractivity contribution in [3.05, 3.63) is 45.6 Å². The standard InChI is InChI=1S/C14H15NOS2/c1-9-8-13(18-10(9)2)14(16)15-11-6-4-5-7-12(11)17-3/h4-8H,1-3H3,(H,15,16). The van der Waals surface area contributed by atoms with Crippen molar-refractivity contribution in [2.75, 3.05) is 11.6 Å². The van der Waals surface area contributed by atoms with Gasteiger partial charge in [-0.1, -0.05) is 12.1 Å². The van der Waals surface area contributed by atoms with Crippen LogP contribution in [0.2, 0.25) is 0 Å². The molecule has 0 spiro atoms. The maximum atomic E-state index is 12.1. The van der Waals surface area contributed by atoms with Gasteiger partial charge in [0.2, 0.25) is 0 Å². The molecular weight excluding hydrogens is 262 g/mol. The number of hydrogen-bond acceptors (Lipinski definition) is 3. The highest BCUT2D eigenvalue weighted by atomic mass is 32.2. The minimum Gasteiger partial charge on any atom is -0.320 e. The van der Waals surface area contributed by atoms with E-state index < -0.39 is 0 Å². The molecule has 0 aliphatic heterocycles. The Labute approximate surface area is 115 Å². The Bertz CT molecular complexity index is 555. The summed E-state index contributed by atoms with van der Waals surface area (Å²) in [6.45, 7) is 4.06. The van der Waals surface area contributed by atoms with Gasteiger partial charge in [0.15, 0.2) is 0 Å². The second-order valence-corrected chi connectivity index (χ2v) is 6.11. The smallest absolute Gasteiger partial charge is 0.265 e. The van der Waals surface area contributed by atoms with E-state index in [0.29, 0.717) is 0 Å². The van der Waals surface area contributed by atoms with Gasteiger partial charge in [-0.25, -0.2) is 0 Å². The third-order valence-corrected chi connectivity index (χ3v) is 4.69. The van der Waals surface area contributed by atoms with Crippen molar-refractivity contribution in [2.24, 2.45) is 0 Å². The van der Waals surface area contributed by atoms with Crippen LogP contribution in [0.15, 0.2) is 35.2 Å². The van der Waals surface area contributed by atoms with E-state index in [1.165, 1.54) is 21.8 Å². The number of nitrogens with one attached hydrogen (secondary N) is 1. The summed E-state index contributed by atoms with van der Waals surface area (Å²) < 4.78 is 0. The second-order valence-electron chi connectivity index (χ2n) is 4.00. The van der Waals surface area contributed by atoms with Gasteiger partial charge in [-0.15, -0.1) is 23.1 Å². The Morgan fingerprint density at radius 3 is 2.61 bits per heavy atom. The number of anilines is 1. The zero-order chi connectivity index (χ0) is 13.1. The van der Waals surface area contributed by atoms with E-state index in [9.17, 15) is 4.79 Å². The molecule has 0 atom stereocenters. The maximum absolute atomic E-state index is 12.1. The molecule has 0 aliphatic rings.